The first-order valence-corrected chi connectivity index (χ1v) is 9.18. The fraction of sp³-hybridized carbons (Fsp3) is 0. The van der Waals surface area contributed by atoms with Crippen molar-refractivity contribution >= 4 is 33.1 Å². The van der Waals surface area contributed by atoms with Crippen LogP contribution < -0.4 is 0 Å². The Balaban J connectivity index is 1.82. The van der Waals surface area contributed by atoms with E-state index in [1.807, 2.05) is 36.4 Å². The van der Waals surface area contributed by atoms with Gasteiger partial charge in [-0.3, -0.25) is 0 Å². The van der Waals surface area contributed by atoms with Gasteiger partial charge in [-0.2, -0.15) is 0 Å². The van der Waals surface area contributed by atoms with E-state index in [4.69, 9.17) is 16.6 Å². The van der Waals surface area contributed by atoms with Crippen LogP contribution in [0.25, 0.3) is 44.2 Å². The van der Waals surface area contributed by atoms with Crippen molar-refractivity contribution in [3.05, 3.63) is 96.1 Å². The summed E-state index contributed by atoms with van der Waals surface area (Å²) in [7, 11) is 0. The third-order valence-corrected chi connectivity index (χ3v) is 4.96. The van der Waals surface area contributed by atoms with Crippen LogP contribution in [0.1, 0.15) is 0 Å². The molecule has 0 bridgehead atoms. The van der Waals surface area contributed by atoms with E-state index < -0.39 is 0 Å². The first-order valence-electron chi connectivity index (χ1n) is 8.80. The van der Waals surface area contributed by atoms with Gasteiger partial charge in [0.05, 0.1) is 5.69 Å². The van der Waals surface area contributed by atoms with Crippen LogP contribution in [0.3, 0.4) is 0 Å². The normalized spacial score (nSPS) is 11.1. The predicted molar refractivity (Wildman–Crippen MR) is 113 cm³/mol. The molecule has 27 heavy (non-hydrogen) atoms. The lowest BCUT2D eigenvalue weighted by Gasteiger charge is -2.11. The number of halogens is 1. The van der Waals surface area contributed by atoms with Crippen molar-refractivity contribution in [1.82, 2.24) is 9.97 Å². The van der Waals surface area contributed by atoms with E-state index in [1.54, 1.807) is 0 Å². The molecule has 0 spiro atoms. The number of hydrogen-bond donors (Lipinski definition) is 0. The Morgan fingerprint density at radius 2 is 1.26 bits per heavy atom. The first kappa shape index (κ1) is 16.0. The number of nitrogens with zero attached hydrogens (tertiary/aromatic N) is 2. The summed E-state index contributed by atoms with van der Waals surface area (Å²) in [5.41, 5.74) is 2.84. The number of benzene rings is 4. The van der Waals surface area contributed by atoms with Crippen LogP contribution in [0.2, 0.25) is 5.15 Å². The Labute approximate surface area is 162 Å². The Morgan fingerprint density at radius 1 is 0.593 bits per heavy atom. The van der Waals surface area contributed by atoms with Gasteiger partial charge in [0.1, 0.15) is 5.15 Å². The minimum Gasteiger partial charge on any atom is -0.228 e. The van der Waals surface area contributed by atoms with Gasteiger partial charge >= 0.3 is 0 Å². The minimum absolute atomic E-state index is 0.441. The lowest BCUT2D eigenvalue weighted by atomic mass is 9.95. The topological polar surface area (TPSA) is 25.8 Å². The van der Waals surface area contributed by atoms with Gasteiger partial charge in [0.25, 0.3) is 0 Å². The molecule has 0 saturated heterocycles. The van der Waals surface area contributed by atoms with Crippen LogP contribution in [0.4, 0.5) is 0 Å². The summed E-state index contributed by atoms with van der Waals surface area (Å²) in [6.07, 6.45) is 0. The number of hydrogen-bond acceptors (Lipinski definition) is 2. The van der Waals surface area contributed by atoms with Gasteiger partial charge in [0.2, 0.25) is 0 Å². The van der Waals surface area contributed by atoms with Gasteiger partial charge in [0.15, 0.2) is 5.82 Å². The van der Waals surface area contributed by atoms with Crippen molar-refractivity contribution in [2.75, 3.05) is 0 Å². The highest BCUT2D eigenvalue weighted by molar-refractivity contribution is 6.29. The van der Waals surface area contributed by atoms with Gasteiger partial charge in [-0.15, -0.1) is 0 Å². The number of aromatic nitrogens is 2. The Bertz CT molecular complexity index is 1280. The quantitative estimate of drug-likeness (QED) is 0.254. The average Bonchev–Trinajstić information content (AvgIpc) is 2.73. The molecule has 0 fully saturated rings. The molecule has 0 unspecified atom stereocenters. The smallest absolute Gasteiger partial charge is 0.161 e. The number of fused-ring (bicyclic) bond motifs is 3. The summed E-state index contributed by atoms with van der Waals surface area (Å²) in [6.45, 7) is 0. The molecule has 0 saturated carbocycles. The Kier molecular flexibility index (Phi) is 3.84. The van der Waals surface area contributed by atoms with Crippen LogP contribution in [0, 0.1) is 0 Å². The molecular formula is C24H15ClN2. The molecule has 0 atom stereocenters. The Hall–Kier alpha value is -3.23. The molecule has 0 aliphatic heterocycles. The standard InChI is InChI=1S/C24H15ClN2/c25-23-15-22(26-24(27-23)16-8-2-1-3-9-16)21-14-17-10-4-5-11-18(17)19-12-6-7-13-20(19)21/h1-15H. The first-order chi connectivity index (χ1) is 13.3. The molecule has 2 nitrogen and oxygen atoms in total. The predicted octanol–water partition coefficient (Wildman–Crippen LogP) is 6.77. The highest BCUT2D eigenvalue weighted by Crippen LogP contribution is 2.35. The average molecular weight is 367 g/mol. The van der Waals surface area contributed by atoms with Crippen LogP contribution in [-0.2, 0) is 0 Å². The van der Waals surface area contributed by atoms with E-state index in [2.05, 4.69) is 59.6 Å². The molecule has 0 N–H and O–H groups in total. The Morgan fingerprint density at radius 3 is 2.07 bits per heavy atom. The van der Waals surface area contributed by atoms with Crippen LogP contribution in [0.15, 0.2) is 91.0 Å². The van der Waals surface area contributed by atoms with Crippen LogP contribution >= 0.6 is 11.6 Å². The maximum Gasteiger partial charge on any atom is 0.161 e. The van der Waals surface area contributed by atoms with Gasteiger partial charge in [0, 0.05) is 17.2 Å². The summed E-state index contributed by atoms with van der Waals surface area (Å²) < 4.78 is 0. The third kappa shape index (κ3) is 2.84. The molecule has 0 radical (unpaired) electrons. The molecule has 0 amide bonds. The second kappa shape index (κ2) is 6.49. The maximum absolute atomic E-state index is 6.37. The summed E-state index contributed by atoms with van der Waals surface area (Å²) in [6, 6.07) is 30.8. The zero-order valence-electron chi connectivity index (χ0n) is 14.4. The van der Waals surface area contributed by atoms with Gasteiger partial charge < -0.3 is 0 Å². The van der Waals surface area contributed by atoms with Crippen molar-refractivity contribution in [2.45, 2.75) is 0 Å². The van der Waals surface area contributed by atoms with E-state index >= 15 is 0 Å². The molecule has 0 aliphatic rings. The summed E-state index contributed by atoms with van der Waals surface area (Å²) in [5.74, 6) is 0.635. The van der Waals surface area contributed by atoms with Gasteiger partial charge in [-0.05, 0) is 27.6 Å². The maximum atomic E-state index is 6.37. The molecule has 3 heteroatoms. The highest BCUT2D eigenvalue weighted by atomic mass is 35.5. The van der Waals surface area contributed by atoms with E-state index in [9.17, 15) is 0 Å². The van der Waals surface area contributed by atoms with Gasteiger partial charge in [-0.1, -0.05) is 90.5 Å². The molecule has 4 aromatic carbocycles. The third-order valence-electron chi connectivity index (χ3n) is 4.77. The van der Waals surface area contributed by atoms with Crippen molar-refractivity contribution in [3.63, 3.8) is 0 Å². The number of rotatable bonds is 2. The van der Waals surface area contributed by atoms with Crippen molar-refractivity contribution in [1.29, 1.82) is 0 Å². The monoisotopic (exact) mass is 366 g/mol. The van der Waals surface area contributed by atoms with E-state index in [-0.39, 0.29) is 0 Å². The van der Waals surface area contributed by atoms with Crippen molar-refractivity contribution in [3.8, 4) is 22.6 Å². The van der Waals surface area contributed by atoms with E-state index in [0.29, 0.717) is 11.0 Å². The summed E-state index contributed by atoms with van der Waals surface area (Å²) >= 11 is 6.37. The summed E-state index contributed by atoms with van der Waals surface area (Å²) in [4.78, 5) is 9.26. The zero-order valence-corrected chi connectivity index (χ0v) is 15.2. The van der Waals surface area contributed by atoms with E-state index in [0.717, 1.165) is 22.2 Å². The molecule has 1 aromatic heterocycles. The van der Waals surface area contributed by atoms with E-state index in [1.165, 1.54) is 16.2 Å². The van der Waals surface area contributed by atoms with Crippen molar-refractivity contribution < 1.29 is 0 Å². The molecule has 128 valence electrons. The zero-order chi connectivity index (χ0) is 18.2. The molecule has 5 rings (SSSR count). The largest absolute Gasteiger partial charge is 0.228 e. The second-order valence-corrected chi connectivity index (χ2v) is 6.84. The van der Waals surface area contributed by atoms with Crippen LogP contribution in [0.5, 0.6) is 0 Å². The lowest BCUT2D eigenvalue weighted by Crippen LogP contribution is -1.94. The van der Waals surface area contributed by atoms with Gasteiger partial charge in [-0.25, -0.2) is 9.97 Å². The second-order valence-electron chi connectivity index (χ2n) is 6.46. The van der Waals surface area contributed by atoms with Crippen LogP contribution in [-0.4, -0.2) is 9.97 Å². The highest BCUT2D eigenvalue weighted by Gasteiger charge is 2.12. The fourth-order valence-electron chi connectivity index (χ4n) is 3.54. The molecule has 0 aliphatic carbocycles. The SMILES string of the molecule is Clc1cc(-c2cc3ccccc3c3ccccc23)nc(-c2ccccc2)n1. The molecule has 1 heterocycles. The minimum atomic E-state index is 0.441. The molecular weight excluding hydrogens is 352 g/mol. The van der Waals surface area contributed by atoms with Crippen molar-refractivity contribution in [2.24, 2.45) is 0 Å². The fourth-order valence-corrected chi connectivity index (χ4v) is 3.72. The molecule has 5 aromatic rings. The lowest BCUT2D eigenvalue weighted by molar-refractivity contribution is 1.18. The summed E-state index contributed by atoms with van der Waals surface area (Å²) in [5, 5.41) is 5.23.